The van der Waals surface area contributed by atoms with Crippen LogP contribution in [-0.4, -0.2) is 11.2 Å². The van der Waals surface area contributed by atoms with Crippen LogP contribution in [0.3, 0.4) is 0 Å². The van der Waals surface area contributed by atoms with E-state index in [1.165, 1.54) is 5.56 Å². The monoisotopic (exact) mass is 269 g/mol. The third kappa shape index (κ3) is 3.67. The highest BCUT2D eigenvalue weighted by Crippen LogP contribution is 2.23. The highest BCUT2D eigenvalue weighted by atomic mass is 79.9. The molecule has 1 aromatic rings. The number of rotatable bonds is 4. The fourth-order valence-electron chi connectivity index (χ4n) is 1.41. The van der Waals surface area contributed by atoms with Gasteiger partial charge in [-0.25, -0.2) is 0 Å². The fraction of sp³-hybridized carbons (Fsp3) is 0.417. The Kier molecular flexibility index (Phi) is 4.82. The summed E-state index contributed by atoms with van der Waals surface area (Å²) < 4.78 is 0. The second-order valence-electron chi connectivity index (χ2n) is 3.73. The molecule has 0 radical (unpaired) electrons. The van der Waals surface area contributed by atoms with Crippen LogP contribution in [0.5, 0.6) is 0 Å². The molecule has 0 saturated carbocycles. The van der Waals surface area contributed by atoms with Crippen molar-refractivity contribution in [2.45, 2.75) is 26.2 Å². The number of hydrogen-bond donors (Lipinski definition) is 1. The van der Waals surface area contributed by atoms with Crippen LogP contribution in [0.2, 0.25) is 0 Å². The summed E-state index contributed by atoms with van der Waals surface area (Å²) in [5.41, 5.74) is 2.11. The summed E-state index contributed by atoms with van der Waals surface area (Å²) in [5, 5.41) is 3.62. The number of amides is 1. The largest absolute Gasteiger partial charge is 0.326 e. The SMILES string of the molecule is CC(C)c1ccccc1NC(=O)CCBr. The number of hydrogen-bond acceptors (Lipinski definition) is 1. The summed E-state index contributed by atoms with van der Waals surface area (Å²) in [6.07, 6.45) is 0.506. The summed E-state index contributed by atoms with van der Waals surface area (Å²) in [5.74, 6) is 0.477. The summed E-state index contributed by atoms with van der Waals surface area (Å²) in [4.78, 5) is 11.4. The summed E-state index contributed by atoms with van der Waals surface area (Å²) in [7, 11) is 0. The molecule has 0 bridgehead atoms. The van der Waals surface area contributed by atoms with Gasteiger partial charge in [0.15, 0.2) is 0 Å². The first-order chi connectivity index (χ1) is 7.15. The van der Waals surface area contributed by atoms with E-state index in [1.54, 1.807) is 0 Å². The number of para-hydroxylation sites is 1. The Balaban J connectivity index is 2.80. The first-order valence-electron chi connectivity index (χ1n) is 5.10. The highest BCUT2D eigenvalue weighted by Gasteiger charge is 2.07. The van der Waals surface area contributed by atoms with E-state index in [0.29, 0.717) is 17.7 Å². The molecule has 0 fully saturated rings. The number of benzene rings is 1. The molecule has 0 aliphatic carbocycles. The van der Waals surface area contributed by atoms with Crippen LogP contribution < -0.4 is 5.32 Å². The van der Waals surface area contributed by atoms with Crippen molar-refractivity contribution in [3.05, 3.63) is 29.8 Å². The van der Waals surface area contributed by atoms with Gasteiger partial charge in [-0.3, -0.25) is 4.79 Å². The zero-order valence-corrected chi connectivity index (χ0v) is 10.7. The highest BCUT2D eigenvalue weighted by molar-refractivity contribution is 9.09. The standard InChI is InChI=1S/C12H16BrNO/c1-9(2)10-5-3-4-6-11(10)14-12(15)7-8-13/h3-6,9H,7-8H2,1-2H3,(H,14,15). The van der Waals surface area contributed by atoms with Crippen LogP contribution in [0.25, 0.3) is 0 Å². The van der Waals surface area contributed by atoms with Crippen LogP contribution in [0.15, 0.2) is 24.3 Å². The maximum Gasteiger partial charge on any atom is 0.225 e. The van der Waals surface area contributed by atoms with E-state index in [2.05, 4.69) is 41.2 Å². The molecule has 0 atom stereocenters. The Morgan fingerprint density at radius 1 is 1.40 bits per heavy atom. The predicted molar refractivity (Wildman–Crippen MR) is 67.6 cm³/mol. The lowest BCUT2D eigenvalue weighted by atomic mass is 10.0. The van der Waals surface area contributed by atoms with Gasteiger partial charge >= 0.3 is 0 Å². The minimum Gasteiger partial charge on any atom is -0.326 e. The van der Waals surface area contributed by atoms with Gasteiger partial charge in [-0.2, -0.15) is 0 Å². The molecule has 0 aliphatic heterocycles. The molecule has 1 rings (SSSR count). The Morgan fingerprint density at radius 3 is 2.67 bits per heavy atom. The first kappa shape index (κ1) is 12.2. The number of anilines is 1. The summed E-state index contributed by atoms with van der Waals surface area (Å²) >= 11 is 3.25. The Morgan fingerprint density at radius 2 is 2.07 bits per heavy atom. The van der Waals surface area contributed by atoms with Crippen LogP contribution in [0.4, 0.5) is 5.69 Å². The van der Waals surface area contributed by atoms with Crippen LogP contribution in [-0.2, 0) is 4.79 Å². The number of carbonyl (C=O) groups is 1. The molecular formula is C12H16BrNO. The zero-order valence-electron chi connectivity index (χ0n) is 9.09. The predicted octanol–water partition coefficient (Wildman–Crippen LogP) is 3.53. The van der Waals surface area contributed by atoms with Gasteiger partial charge in [0, 0.05) is 17.4 Å². The van der Waals surface area contributed by atoms with Crippen molar-refractivity contribution in [1.82, 2.24) is 0 Å². The third-order valence-corrected chi connectivity index (χ3v) is 2.57. The van der Waals surface area contributed by atoms with E-state index in [1.807, 2.05) is 18.2 Å². The Bertz CT molecular complexity index is 336. The molecule has 0 saturated heterocycles. The number of halogens is 1. The van der Waals surface area contributed by atoms with E-state index in [4.69, 9.17) is 0 Å². The van der Waals surface area contributed by atoms with E-state index in [9.17, 15) is 4.79 Å². The molecule has 0 aromatic heterocycles. The zero-order chi connectivity index (χ0) is 11.3. The molecular weight excluding hydrogens is 254 g/mol. The van der Waals surface area contributed by atoms with E-state index in [-0.39, 0.29) is 5.91 Å². The van der Waals surface area contributed by atoms with E-state index < -0.39 is 0 Å². The van der Waals surface area contributed by atoms with Crippen molar-refractivity contribution < 1.29 is 4.79 Å². The average Bonchev–Trinajstić information content (AvgIpc) is 2.18. The average molecular weight is 270 g/mol. The van der Waals surface area contributed by atoms with Gasteiger partial charge in [0.25, 0.3) is 0 Å². The normalized spacial score (nSPS) is 10.4. The molecule has 82 valence electrons. The second-order valence-corrected chi connectivity index (χ2v) is 4.52. The van der Waals surface area contributed by atoms with Crippen molar-refractivity contribution in [2.75, 3.05) is 10.6 Å². The maximum absolute atomic E-state index is 11.4. The number of nitrogens with one attached hydrogen (secondary N) is 1. The minimum atomic E-state index is 0.0555. The molecule has 0 unspecified atom stereocenters. The van der Waals surface area contributed by atoms with Crippen molar-refractivity contribution in [1.29, 1.82) is 0 Å². The molecule has 2 nitrogen and oxygen atoms in total. The molecule has 0 spiro atoms. The van der Waals surface area contributed by atoms with Gasteiger partial charge in [0.1, 0.15) is 0 Å². The Labute approximate surface area is 99.2 Å². The van der Waals surface area contributed by atoms with Gasteiger partial charge in [0.2, 0.25) is 5.91 Å². The molecule has 1 amide bonds. The van der Waals surface area contributed by atoms with Crippen LogP contribution in [0, 0.1) is 0 Å². The van der Waals surface area contributed by atoms with Crippen molar-refractivity contribution in [2.24, 2.45) is 0 Å². The van der Waals surface area contributed by atoms with Crippen molar-refractivity contribution in [3.63, 3.8) is 0 Å². The van der Waals surface area contributed by atoms with Gasteiger partial charge < -0.3 is 5.32 Å². The van der Waals surface area contributed by atoms with Crippen molar-refractivity contribution in [3.8, 4) is 0 Å². The first-order valence-corrected chi connectivity index (χ1v) is 6.22. The molecule has 1 aromatic carbocycles. The quantitative estimate of drug-likeness (QED) is 0.833. The fourth-order valence-corrected chi connectivity index (χ4v) is 1.77. The lowest BCUT2D eigenvalue weighted by molar-refractivity contribution is -0.115. The van der Waals surface area contributed by atoms with Gasteiger partial charge in [-0.15, -0.1) is 0 Å². The smallest absolute Gasteiger partial charge is 0.225 e. The lowest BCUT2D eigenvalue weighted by Crippen LogP contribution is -2.13. The summed E-state index contributed by atoms with van der Waals surface area (Å²) in [6, 6.07) is 7.93. The van der Waals surface area contributed by atoms with E-state index in [0.717, 1.165) is 5.69 Å². The topological polar surface area (TPSA) is 29.1 Å². The second kappa shape index (κ2) is 5.91. The van der Waals surface area contributed by atoms with Gasteiger partial charge in [0.05, 0.1) is 0 Å². The van der Waals surface area contributed by atoms with Crippen LogP contribution in [0.1, 0.15) is 31.7 Å². The summed E-state index contributed by atoms with van der Waals surface area (Å²) in [6.45, 7) is 4.24. The molecule has 1 N–H and O–H groups in total. The number of carbonyl (C=O) groups excluding carboxylic acids is 1. The molecule has 0 heterocycles. The lowest BCUT2D eigenvalue weighted by Gasteiger charge is -2.13. The van der Waals surface area contributed by atoms with Gasteiger partial charge in [-0.05, 0) is 17.5 Å². The molecule has 0 aliphatic rings. The van der Waals surface area contributed by atoms with E-state index >= 15 is 0 Å². The van der Waals surface area contributed by atoms with Crippen molar-refractivity contribution >= 4 is 27.5 Å². The minimum absolute atomic E-state index is 0.0555. The van der Waals surface area contributed by atoms with Crippen LogP contribution >= 0.6 is 15.9 Å². The molecule has 3 heteroatoms. The number of alkyl halides is 1. The third-order valence-electron chi connectivity index (χ3n) is 2.18. The molecule has 15 heavy (non-hydrogen) atoms. The van der Waals surface area contributed by atoms with Gasteiger partial charge in [-0.1, -0.05) is 48.0 Å². The Hall–Kier alpha value is -0.830. The maximum atomic E-state index is 11.4.